The molecule has 0 spiro atoms. The van der Waals surface area contributed by atoms with Crippen molar-refractivity contribution in [3.8, 4) is 6.07 Å². The summed E-state index contributed by atoms with van der Waals surface area (Å²) in [4.78, 5) is 8.88. The molecule has 0 aliphatic carbocycles. The number of nitriles is 1. The van der Waals surface area contributed by atoms with Gasteiger partial charge < -0.3 is 0 Å². The molecule has 0 saturated heterocycles. The van der Waals surface area contributed by atoms with E-state index < -0.39 is 0 Å². The molecule has 2 rings (SSSR count). The van der Waals surface area contributed by atoms with Crippen LogP contribution in [0.4, 0.5) is 0 Å². The fraction of sp³-hybridized carbons (Fsp3) is 0.417. The van der Waals surface area contributed by atoms with Crippen molar-refractivity contribution in [2.24, 2.45) is 0 Å². The maximum atomic E-state index is 8.87. The van der Waals surface area contributed by atoms with Crippen molar-refractivity contribution < 1.29 is 0 Å². The van der Waals surface area contributed by atoms with Crippen LogP contribution >= 0.6 is 15.9 Å². The number of hydrogen-bond donors (Lipinski definition) is 0. The zero-order chi connectivity index (χ0) is 12.3. The van der Waals surface area contributed by atoms with E-state index in [2.05, 4.69) is 38.9 Å². The first-order chi connectivity index (χ1) is 8.26. The minimum Gasteiger partial charge on any atom is -0.299 e. The number of halogens is 1. The predicted octanol–water partition coefficient (Wildman–Crippen LogP) is 3.06. The molecule has 2 aromatic rings. The monoisotopic (exact) mass is 292 g/mol. The van der Waals surface area contributed by atoms with Crippen molar-refractivity contribution in [2.75, 3.05) is 0 Å². The summed E-state index contributed by atoms with van der Waals surface area (Å²) in [6.07, 6.45) is 4.83. The summed E-state index contributed by atoms with van der Waals surface area (Å²) in [5, 5.41) is 8.87. The topological polar surface area (TPSA) is 54.5 Å². The minimum atomic E-state index is 0.310. The van der Waals surface area contributed by atoms with Gasteiger partial charge in [0.2, 0.25) is 0 Å². The molecule has 0 unspecified atom stereocenters. The summed E-state index contributed by atoms with van der Waals surface area (Å²) >= 11 is 3.38. The first kappa shape index (κ1) is 12.1. The Balaban J connectivity index is 2.50. The summed E-state index contributed by atoms with van der Waals surface area (Å²) in [6.45, 7) is 2.45. The second-order valence-corrected chi connectivity index (χ2v) is 4.79. The van der Waals surface area contributed by atoms with Crippen LogP contribution in [-0.4, -0.2) is 14.5 Å². The van der Waals surface area contributed by atoms with E-state index in [-0.39, 0.29) is 0 Å². The zero-order valence-electron chi connectivity index (χ0n) is 9.65. The second kappa shape index (κ2) is 5.28. The summed E-state index contributed by atoms with van der Waals surface area (Å²) in [7, 11) is 0. The van der Waals surface area contributed by atoms with Crippen LogP contribution in [0, 0.1) is 11.3 Å². The van der Waals surface area contributed by atoms with Gasteiger partial charge in [0.05, 0.1) is 6.07 Å². The highest BCUT2D eigenvalue weighted by Gasteiger charge is 2.11. The number of imidazole rings is 1. The highest BCUT2D eigenvalue weighted by molar-refractivity contribution is 9.10. The molecular weight excluding hydrogens is 280 g/mol. The summed E-state index contributed by atoms with van der Waals surface area (Å²) in [5.74, 6) is 0.953. The number of unbranched alkanes of at least 4 members (excludes halogenated alkanes) is 1. The van der Waals surface area contributed by atoms with Gasteiger partial charge in [-0.1, -0.05) is 13.3 Å². The molecule has 0 N–H and O–H groups in total. The smallest absolute Gasteiger partial charge is 0.161 e. The van der Waals surface area contributed by atoms with Gasteiger partial charge in [-0.05, 0) is 28.4 Å². The van der Waals surface area contributed by atoms with Gasteiger partial charge in [0.25, 0.3) is 0 Å². The maximum absolute atomic E-state index is 8.87. The molecule has 2 aromatic heterocycles. The van der Waals surface area contributed by atoms with Crippen LogP contribution in [0.1, 0.15) is 25.6 Å². The molecule has 88 valence electrons. The number of aryl methyl sites for hydroxylation is 1. The molecule has 0 fully saturated rings. The molecule has 2 heterocycles. The van der Waals surface area contributed by atoms with E-state index in [0.717, 1.165) is 40.7 Å². The van der Waals surface area contributed by atoms with E-state index in [1.54, 1.807) is 6.20 Å². The first-order valence-electron chi connectivity index (χ1n) is 5.64. The maximum Gasteiger partial charge on any atom is 0.161 e. The Labute approximate surface area is 108 Å². The lowest BCUT2D eigenvalue weighted by Crippen LogP contribution is -2.03. The van der Waals surface area contributed by atoms with Gasteiger partial charge in [0.15, 0.2) is 5.65 Å². The molecule has 0 amide bonds. The van der Waals surface area contributed by atoms with Crippen LogP contribution < -0.4 is 0 Å². The number of hydrogen-bond acceptors (Lipinski definition) is 3. The lowest BCUT2D eigenvalue weighted by atomic mass is 10.2. The molecule has 17 heavy (non-hydrogen) atoms. The molecule has 0 bridgehead atoms. The molecule has 0 aromatic carbocycles. The largest absolute Gasteiger partial charge is 0.299 e. The van der Waals surface area contributed by atoms with Crippen LogP contribution in [0.25, 0.3) is 11.2 Å². The van der Waals surface area contributed by atoms with Crippen LogP contribution in [0.15, 0.2) is 16.7 Å². The minimum absolute atomic E-state index is 0.310. The van der Waals surface area contributed by atoms with E-state index in [4.69, 9.17) is 5.26 Å². The van der Waals surface area contributed by atoms with Gasteiger partial charge in [-0.3, -0.25) is 4.57 Å². The molecule has 0 radical (unpaired) electrons. The van der Waals surface area contributed by atoms with Crippen molar-refractivity contribution in [3.63, 3.8) is 0 Å². The van der Waals surface area contributed by atoms with Crippen molar-refractivity contribution >= 4 is 27.1 Å². The Bertz CT molecular complexity index is 568. The van der Waals surface area contributed by atoms with E-state index >= 15 is 0 Å². The molecule has 5 heteroatoms. The highest BCUT2D eigenvalue weighted by Crippen LogP contribution is 2.19. The number of fused-ring (bicyclic) bond motifs is 1. The Kier molecular flexibility index (Phi) is 3.75. The summed E-state index contributed by atoms with van der Waals surface area (Å²) < 4.78 is 2.81. The van der Waals surface area contributed by atoms with Gasteiger partial charge in [0, 0.05) is 17.1 Å². The van der Waals surface area contributed by atoms with Gasteiger partial charge >= 0.3 is 0 Å². The predicted molar refractivity (Wildman–Crippen MR) is 69.5 cm³/mol. The van der Waals surface area contributed by atoms with Gasteiger partial charge in [-0.15, -0.1) is 0 Å². The molecule has 4 nitrogen and oxygen atoms in total. The third-order valence-corrected chi connectivity index (χ3v) is 3.05. The van der Waals surface area contributed by atoms with Crippen molar-refractivity contribution in [1.82, 2.24) is 14.5 Å². The van der Waals surface area contributed by atoms with E-state index in [1.165, 1.54) is 0 Å². The molecular formula is C12H13BrN4. The first-order valence-corrected chi connectivity index (χ1v) is 6.43. The van der Waals surface area contributed by atoms with Crippen LogP contribution in [0.3, 0.4) is 0 Å². The third kappa shape index (κ3) is 2.47. The lowest BCUT2D eigenvalue weighted by Gasteiger charge is -2.02. The number of nitrogens with zero attached hydrogens (tertiary/aromatic N) is 4. The highest BCUT2D eigenvalue weighted by atomic mass is 79.9. The Hall–Kier alpha value is -1.41. The summed E-state index contributed by atoms with van der Waals surface area (Å²) in [6, 6.07) is 4.10. The molecule has 0 saturated carbocycles. The van der Waals surface area contributed by atoms with Gasteiger partial charge in [0.1, 0.15) is 17.9 Å². The Morgan fingerprint density at radius 3 is 3.06 bits per heavy atom. The van der Waals surface area contributed by atoms with Gasteiger partial charge in [-0.2, -0.15) is 5.26 Å². The zero-order valence-corrected chi connectivity index (χ0v) is 11.2. The quantitative estimate of drug-likeness (QED) is 0.870. The second-order valence-electron chi connectivity index (χ2n) is 3.87. The number of rotatable bonds is 4. The third-order valence-electron chi connectivity index (χ3n) is 2.61. The van der Waals surface area contributed by atoms with Crippen molar-refractivity contribution in [3.05, 3.63) is 22.6 Å². The van der Waals surface area contributed by atoms with Crippen molar-refractivity contribution in [2.45, 2.75) is 32.7 Å². The standard InChI is InChI=1S/C12H13BrN4/c1-2-3-4-11-16-10-7-9(13)8-15-12(10)17(11)6-5-14/h7-8H,2-4,6H2,1H3. The van der Waals surface area contributed by atoms with Gasteiger partial charge in [-0.25, -0.2) is 9.97 Å². The number of aromatic nitrogens is 3. The SMILES string of the molecule is CCCCc1nc2cc(Br)cnc2n1CC#N. The average Bonchev–Trinajstić information content (AvgIpc) is 2.64. The van der Waals surface area contributed by atoms with Crippen LogP contribution in [0.2, 0.25) is 0 Å². The van der Waals surface area contributed by atoms with Crippen LogP contribution in [0.5, 0.6) is 0 Å². The molecule has 0 aliphatic rings. The normalized spacial score (nSPS) is 10.6. The molecule has 0 aliphatic heterocycles. The van der Waals surface area contributed by atoms with Crippen molar-refractivity contribution in [1.29, 1.82) is 5.26 Å². The van der Waals surface area contributed by atoms with E-state index in [0.29, 0.717) is 6.54 Å². The lowest BCUT2D eigenvalue weighted by molar-refractivity contribution is 0.697. The Morgan fingerprint density at radius 2 is 2.35 bits per heavy atom. The fourth-order valence-corrected chi connectivity index (χ4v) is 2.12. The van der Waals surface area contributed by atoms with Crippen LogP contribution in [-0.2, 0) is 13.0 Å². The Morgan fingerprint density at radius 1 is 1.53 bits per heavy atom. The average molecular weight is 293 g/mol. The molecule has 0 atom stereocenters. The fourth-order valence-electron chi connectivity index (χ4n) is 1.80. The summed E-state index contributed by atoms with van der Waals surface area (Å²) in [5.41, 5.74) is 1.64. The van der Waals surface area contributed by atoms with E-state index in [9.17, 15) is 0 Å². The van der Waals surface area contributed by atoms with E-state index in [1.807, 2.05) is 10.6 Å². The number of pyridine rings is 1.